The molecule has 2 aromatic heterocycles. The van der Waals surface area contributed by atoms with Gasteiger partial charge in [0.05, 0.1) is 40.1 Å². The van der Waals surface area contributed by atoms with Gasteiger partial charge in [0, 0.05) is 89.5 Å². The monoisotopic (exact) mass is 1380 g/mol. The quantitative estimate of drug-likeness (QED) is 0.127. The molecular formula is C100H88BN5. The number of hydrogen-bond acceptors (Lipinski definition) is 3. The van der Waals surface area contributed by atoms with E-state index in [0.29, 0.717) is 28.0 Å². The highest BCUT2D eigenvalue weighted by molar-refractivity contribution is 7.00. The zero-order valence-corrected chi connectivity index (χ0v) is 62.1. The molecule has 6 heteroatoms. The Kier molecular flexibility index (Phi) is 13.3. The van der Waals surface area contributed by atoms with Gasteiger partial charge in [-0.25, -0.2) is 0 Å². The lowest BCUT2D eigenvalue weighted by Crippen LogP contribution is -2.61. The fourth-order valence-corrected chi connectivity index (χ4v) is 16.3. The van der Waals surface area contributed by atoms with Gasteiger partial charge in [0.15, 0.2) is 0 Å². The molecule has 2 aliphatic rings. The van der Waals surface area contributed by atoms with E-state index >= 15 is 0 Å². The highest BCUT2D eigenvalue weighted by atomic mass is 15.2. The lowest BCUT2D eigenvalue weighted by Gasteiger charge is -2.46. The zero-order valence-electron chi connectivity index (χ0n) is 71.1. The van der Waals surface area contributed by atoms with Crippen LogP contribution in [0.5, 0.6) is 0 Å². The third-order valence-corrected chi connectivity index (χ3v) is 21.9. The summed E-state index contributed by atoms with van der Waals surface area (Å²) in [5, 5.41) is 3.11. The minimum atomic E-state index is -0.520. The first-order valence-electron chi connectivity index (χ1n) is 41.4. The number of aromatic nitrogens is 2. The van der Waals surface area contributed by atoms with Crippen LogP contribution in [0.15, 0.2) is 315 Å². The van der Waals surface area contributed by atoms with Gasteiger partial charge in [0.1, 0.15) is 0 Å². The molecule has 14 aromatic carbocycles. The van der Waals surface area contributed by atoms with Crippen molar-refractivity contribution in [2.75, 3.05) is 14.7 Å². The van der Waals surface area contributed by atoms with Gasteiger partial charge in [0.2, 0.25) is 0 Å². The molecule has 0 aliphatic carbocycles. The maximum atomic E-state index is 10.0. The van der Waals surface area contributed by atoms with Crippen molar-refractivity contribution in [2.24, 2.45) is 0 Å². The largest absolute Gasteiger partial charge is 0.311 e. The van der Waals surface area contributed by atoms with E-state index in [0.717, 1.165) is 106 Å². The number of benzene rings is 14. The molecule has 0 saturated carbocycles. The standard InChI is InChI=1S/C100H88BN5/c1-97(2,3)69-45-52-88-82(56-69)83-57-70(98(4,5)6)46-53-89(83)104(88)78-48-51-86-92(64-78)106(96-80(66-33-20-14-21-34-66)58-71(99(7,8)9)59-81(96)67-35-22-15-23-36-67)94-61-72(100(10,11)12)60-93-95(94)101(86)85-50-47-77(63-91(85)105(93)75-42-30-37-68(55-75)65-31-18-13-19-32-65)103-87-44-29-28-43-79(87)84-62-76(49-54-90(84)103)102(73-38-24-16-25-39-73)74-40-26-17-27-41-74/h13-64H,1-12H3/i16D,24D,25D,28D,29D,38D,39D,43D,44D. The maximum absolute atomic E-state index is 10.0. The normalized spacial score (nSPS) is 14.2. The Balaban J connectivity index is 0.971. The number of rotatable bonds is 10. The van der Waals surface area contributed by atoms with Crippen molar-refractivity contribution >= 4 is 118 Å². The SMILES string of the molecule is [2H]c1c([2H])c([2H])c(N(c2ccccc2)c2ccc3c(c2)c2c([2H])c([2H])c([2H])c([2H])c2n3-c2ccc3c(c2)N(c2cccc(-c4ccccc4)c2)c2cc(C(C)(C)C)cc4c2B3c2ccc(-n3c5ccc(C(C)(C)C)cc5c5cc(C(C)(C)C)ccc53)cc2N4c2c(-c3ccccc3)cc(C(C)(C)C)cc2-c2ccccc2)c([2H])c1[2H]. The van der Waals surface area contributed by atoms with Crippen molar-refractivity contribution < 1.29 is 12.3 Å². The summed E-state index contributed by atoms with van der Waals surface area (Å²) in [5.41, 5.74) is 24.9. The predicted molar refractivity (Wildman–Crippen MR) is 455 cm³/mol. The second kappa shape index (κ2) is 24.9. The van der Waals surface area contributed by atoms with Crippen LogP contribution in [0.25, 0.3) is 88.4 Å². The van der Waals surface area contributed by atoms with Crippen LogP contribution in [0.1, 0.15) is 118 Å². The van der Waals surface area contributed by atoms with Crippen LogP contribution in [-0.4, -0.2) is 15.8 Å². The molecule has 16 aromatic rings. The summed E-state index contributed by atoms with van der Waals surface area (Å²) in [5.74, 6) is 0. The lowest BCUT2D eigenvalue weighted by atomic mass is 9.33. The molecule has 0 unspecified atom stereocenters. The smallest absolute Gasteiger partial charge is 0.252 e. The van der Waals surface area contributed by atoms with Gasteiger partial charge in [-0.05, 0) is 216 Å². The number of nitrogens with zero attached hydrogens (tertiary/aromatic N) is 5. The molecule has 0 amide bonds. The first kappa shape index (κ1) is 56.6. The minimum absolute atomic E-state index is 0.0715. The van der Waals surface area contributed by atoms with Gasteiger partial charge in [0.25, 0.3) is 6.71 Å². The Labute approximate surface area is 637 Å². The molecule has 4 heterocycles. The summed E-state index contributed by atoms with van der Waals surface area (Å²) in [6.07, 6.45) is 0. The fourth-order valence-electron chi connectivity index (χ4n) is 16.3. The van der Waals surface area contributed by atoms with E-state index in [9.17, 15) is 8.22 Å². The Hall–Kier alpha value is -11.9. The summed E-state index contributed by atoms with van der Waals surface area (Å²) in [7, 11) is 0. The minimum Gasteiger partial charge on any atom is -0.311 e. The Morgan fingerprint density at radius 2 is 0.745 bits per heavy atom. The average Bonchev–Trinajstić information content (AvgIpc) is 1.22. The topological polar surface area (TPSA) is 19.6 Å². The summed E-state index contributed by atoms with van der Waals surface area (Å²) in [4.78, 5) is 6.69. The molecule has 106 heavy (non-hydrogen) atoms. The molecule has 5 nitrogen and oxygen atoms in total. The lowest BCUT2D eigenvalue weighted by molar-refractivity contribution is 0.590. The van der Waals surface area contributed by atoms with Crippen molar-refractivity contribution in [2.45, 2.75) is 105 Å². The number of para-hydroxylation sites is 3. The molecule has 0 bridgehead atoms. The molecule has 0 fully saturated rings. The zero-order chi connectivity index (χ0) is 80.5. The van der Waals surface area contributed by atoms with Crippen molar-refractivity contribution in [1.82, 2.24) is 9.13 Å². The van der Waals surface area contributed by atoms with E-state index in [2.05, 4.69) is 304 Å². The van der Waals surface area contributed by atoms with E-state index in [-0.39, 0.29) is 44.9 Å². The molecule has 0 N–H and O–H groups in total. The van der Waals surface area contributed by atoms with Gasteiger partial charge < -0.3 is 23.8 Å². The Morgan fingerprint density at radius 1 is 0.292 bits per heavy atom. The molecule has 0 saturated heterocycles. The van der Waals surface area contributed by atoms with Crippen molar-refractivity contribution in [3.8, 4) is 44.8 Å². The van der Waals surface area contributed by atoms with Gasteiger partial charge in [-0.15, -0.1) is 0 Å². The highest BCUT2D eigenvalue weighted by Gasteiger charge is 2.46. The Morgan fingerprint density at radius 3 is 1.29 bits per heavy atom. The van der Waals surface area contributed by atoms with E-state index in [1.54, 1.807) is 4.90 Å². The van der Waals surface area contributed by atoms with E-state index < -0.39 is 54.4 Å². The van der Waals surface area contributed by atoms with E-state index in [1.165, 1.54) is 27.5 Å². The van der Waals surface area contributed by atoms with Crippen LogP contribution < -0.4 is 31.1 Å². The van der Waals surface area contributed by atoms with Crippen molar-refractivity contribution in [3.63, 3.8) is 0 Å². The van der Waals surface area contributed by atoms with Crippen LogP contribution >= 0.6 is 0 Å². The Bertz CT molecular complexity index is 6550. The summed E-state index contributed by atoms with van der Waals surface area (Å²) in [6, 6.07) is 89.7. The number of hydrogen-bond donors (Lipinski definition) is 0. The van der Waals surface area contributed by atoms with Gasteiger partial charge in [-0.3, -0.25) is 0 Å². The first-order chi connectivity index (χ1) is 54.8. The van der Waals surface area contributed by atoms with E-state index in [4.69, 9.17) is 4.11 Å². The molecule has 0 radical (unpaired) electrons. The molecule has 516 valence electrons. The third-order valence-electron chi connectivity index (χ3n) is 21.9. The van der Waals surface area contributed by atoms with Crippen LogP contribution in [0, 0.1) is 0 Å². The average molecular weight is 1380 g/mol. The fraction of sp³-hybridized carbons (Fsp3) is 0.160. The first-order valence-corrected chi connectivity index (χ1v) is 36.9. The van der Waals surface area contributed by atoms with Crippen molar-refractivity contribution in [3.05, 3.63) is 337 Å². The molecule has 18 rings (SSSR count). The third kappa shape index (κ3) is 11.1. The second-order valence-corrected chi connectivity index (χ2v) is 32.8. The van der Waals surface area contributed by atoms with Gasteiger partial charge in [-0.1, -0.05) is 265 Å². The molecule has 0 spiro atoms. The molecular weight excluding hydrogens is 1280 g/mol. The summed E-state index contributed by atoms with van der Waals surface area (Å²) in [6.45, 7) is 27.1. The van der Waals surface area contributed by atoms with Crippen LogP contribution in [0.3, 0.4) is 0 Å². The predicted octanol–water partition coefficient (Wildman–Crippen LogP) is 25.6. The molecule has 0 atom stereocenters. The van der Waals surface area contributed by atoms with Crippen LogP contribution in [0.2, 0.25) is 0 Å². The highest BCUT2D eigenvalue weighted by Crippen LogP contribution is 2.54. The molecule has 2 aliphatic heterocycles. The van der Waals surface area contributed by atoms with E-state index in [1.807, 2.05) is 59.2 Å². The maximum Gasteiger partial charge on any atom is 0.252 e. The number of anilines is 9. The number of fused-ring (bicyclic) bond motifs is 10. The van der Waals surface area contributed by atoms with Gasteiger partial charge >= 0.3 is 0 Å². The summed E-state index contributed by atoms with van der Waals surface area (Å²) < 4.78 is 88.2. The van der Waals surface area contributed by atoms with Crippen LogP contribution in [-0.2, 0) is 21.7 Å². The van der Waals surface area contributed by atoms with Gasteiger partial charge in [-0.2, -0.15) is 0 Å². The van der Waals surface area contributed by atoms with Crippen molar-refractivity contribution in [1.29, 1.82) is 0 Å². The van der Waals surface area contributed by atoms with Crippen LogP contribution in [0.4, 0.5) is 51.2 Å². The summed E-state index contributed by atoms with van der Waals surface area (Å²) >= 11 is 0. The second-order valence-electron chi connectivity index (χ2n) is 32.8.